The Hall–Kier alpha value is -0.860. The van der Waals surface area contributed by atoms with Gasteiger partial charge in [0.25, 0.3) is 0 Å². The van der Waals surface area contributed by atoms with E-state index in [0.29, 0.717) is 6.04 Å². The summed E-state index contributed by atoms with van der Waals surface area (Å²) >= 11 is 0. The molecule has 2 nitrogen and oxygen atoms in total. The van der Waals surface area contributed by atoms with Crippen molar-refractivity contribution in [2.24, 2.45) is 0 Å². The van der Waals surface area contributed by atoms with Crippen molar-refractivity contribution in [1.82, 2.24) is 5.32 Å². The first-order valence-corrected chi connectivity index (χ1v) is 6.19. The van der Waals surface area contributed by atoms with Crippen LogP contribution in [0.25, 0.3) is 0 Å². The van der Waals surface area contributed by atoms with Gasteiger partial charge >= 0.3 is 0 Å². The Bertz CT molecular complexity index is 361. The highest BCUT2D eigenvalue weighted by Gasteiger charge is 2.47. The maximum absolute atomic E-state index is 5.50. The van der Waals surface area contributed by atoms with E-state index >= 15 is 0 Å². The highest BCUT2D eigenvalue weighted by molar-refractivity contribution is 5.33. The lowest BCUT2D eigenvalue weighted by atomic mass is 9.72. The summed E-state index contributed by atoms with van der Waals surface area (Å²) in [7, 11) is 0. The molecule has 2 aliphatic heterocycles. The third-order valence-corrected chi connectivity index (χ3v) is 4.07. The van der Waals surface area contributed by atoms with Gasteiger partial charge in [-0.15, -0.1) is 0 Å². The van der Waals surface area contributed by atoms with Gasteiger partial charge in [0, 0.05) is 6.04 Å². The van der Waals surface area contributed by atoms with Crippen molar-refractivity contribution in [3.63, 3.8) is 0 Å². The van der Waals surface area contributed by atoms with Crippen LogP contribution in [0.3, 0.4) is 0 Å². The van der Waals surface area contributed by atoms with E-state index < -0.39 is 0 Å². The van der Waals surface area contributed by atoms with Crippen molar-refractivity contribution < 1.29 is 4.74 Å². The third kappa shape index (κ3) is 1.48. The zero-order valence-corrected chi connectivity index (χ0v) is 9.83. The van der Waals surface area contributed by atoms with E-state index in [1.165, 1.54) is 24.0 Å². The number of aryl methyl sites for hydroxylation is 1. The van der Waals surface area contributed by atoms with Crippen molar-refractivity contribution in [2.45, 2.75) is 31.2 Å². The summed E-state index contributed by atoms with van der Waals surface area (Å²) in [5.41, 5.74) is 3.03. The quantitative estimate of drug-likeness (QED) is 0.818. The molecule has 2 fully saturated rings. The van der Waals surface area contributed by atoms with Crippen LogP contribution in [0, 0.1) is 6.92 Å². The summed E-state index contributed by atoms with van der Waals surface area (Å²) in [6, 6.07) is 9.59. The van der Waals surface area contributed by atoms with Gasteiger partial charge in [-0.2, -0.15) is 0 Å². The summed E-state index contributed by atoms with van der Waals surface area (Å²) in [5, 5.41) is 3.63. The second kappa shape index (κ2) is 3.86. The minimum atomic E-state index is 0.254. The first kappa shape index (κ1) is 10.3. The van der Waals surface area contributed by atoms with Gasteiger partial charge in [0.15, 0.2) is 0 Å². The van der Waals surface area contributed by atoms with E-state index in [2.05, 4.69) is 36.5 Å². The lowest BCUT2D eigenvalue weighted by Gasteiger charge is -2.46. The van der Waals surface area contributed by atoms with Crippen molar-refractivity contribution >= 4 is 0 Å². The van der Waals surface area contributed by atoms with Gasteiger partial charge in [-0.3, -0.25) is 0 Å². The first-order chi connectivity index (χ1) is 7.81. The van der Waals surface area contributed by atoms with Crippen molar-refractivity contribution in [1.29, 1.82) is 0 Å². The van der Waals surface area contributed by atoms with Crippen LogP contribution in [0.15, 0.2) is 24.3 Å². The molecule has 86 valence electrons. The van der Waals surface area contributed by atoms with E-state index in [1.54, 1.807) is 0 Å². The monoisotopic (exact) mass is 217 g/mol. The molecule has 2 saturated heterocycles. The summed E-state index contributed by atoms with van der Waals surface area (Å²) in [5.74, 6) is 0. The molecule has 0 radical (unpaired) electrons. The van der Waals surface area contributed by atoms with E-state index in [-0.39, 0.29) is 5.41 Å². The van der Waals surface area contributed by atoms with E-state index in [4.69, 9.17) is 4.74 Å². The molecule has 2 heteroatoms. The Labute approximate surface area is 97.0 Å². The Morgan fingerprint density at radius 3 is 2.50 bits per heavy atom. The molecular formula is C14H19NO. The number of hydrogen-bond acceptors (Lipinski definition) is 2. The van der Waals surface area contributed by atoms with Crippen molar-refractivity contribution in [3.8, 4) is 0 Å². The van der Waals surface area contributed by atoms with Gasteiger partial charge in [0.1, 0.15) is 0 Å². The Balaban J connectivity index is 1.91. The number of benzene rings is 1. The lowest BCUT2D eigenvalue weighted by molar-refractivity contribution is -0.0760. The summed E-state index contributed by atoms with van der Waals surface area (Å²) in [4.78, 5) is 0. The smallest absolute Gasteiger partial charge is 0.0600 e. The van der Waals surface area contributed by atoms with Gasteiger partial charge < -0.3 is 10.1 Å². The molecule has 1 unspecified atom stereocenters. The van der Waals surface area contributed by atoms with Crippen molar-refractivity contribution in [3.05, 3.63) is 35.4 Å². The van der Waals surface area contributed by atoms with Crippen LogP contribution in [0.2, 0.25) is 0 Å². The van der Waals surface area contributed by atoms with E-state index in [0.717, 1.165) is 19.8 Å². The standard InChI is InChI=1S/C14H19NO/c1-11-4-6-12(7-5-11)14(9-16-10-14)13-3-2-8-15-13/h4-7,13,15H,2-3,8-10H2,1H3. The van der Waals surface area contributed by atoms with Crippen LogP contribution in [-0.4, -0.2) is 25.8 Å². The van der Waals surface area contributed by atoms with Crippen LogP contribution in [0.4, 0.5) is 0 Å². The van der Waals surface area contributed by atoms with Gasteiger partial charge in [0.2, 0.25) is 0 Å². The number of nitrogens with one attached hydrogen (secondary N) is 1. The minimum Gasteiger partial charge on any atom is -0.379 e. The highest BCUT2D eigenvalue weighted by Crippen LogP contribution is 2.38. The maximum atomic E-state index is 5.50. The van der Waals surface area contributed by atoms with Gasteiger partial charge in [-0.25, -0.2) is 0 Å². The molecule has 0 aromatic heterocycles. The predicted octanol–water partition coefficient (Wildman–Crippen LogP) is 2.02. The Morgan fingerprint density at radius 1 is 1.25 bits per heavy atom. The number of hydrogen-bond donors (Lipinski definition) is 1. The molecular weight excluding hydrogens is 198 g/mol. The molecule has 0 saturated carbocycles. The number of rotatable bonds is 2. The zero-order valence-electron chi connectivity index (χ0n) is 9.83. The second-order valence-electron chi connectivity index (χ2n) is 5.16. The zero-order chi connectivity index (χ0) is 11.0. The fourth-order valence-electron chi connectivity index (χ4n) is 2.93. The molecule has 2 aliphatic rings. The average Bonchev–Trinajstić information content (AvgIpc) is 2.73. The summed E-state index contributed by atoms with van der Waals surface area (Å²) in [6.07, 6.45) is 2.59. The molecule has 1 aromatic carbocycles. The Morgan fingerprint density at radius 2 is 2.00 bits per heavy atom. The fourth-order valence-corrected chi connectivity index (χ4v) is 2.93. The average molecular weight is 217 g/mol. The molecule has 1 aromatic rings. The molecule has 1 atom stereocenters. The summed E-state index contributed by atoms with van der Waals surface area (Å²) in [6.45, 7) is 5.07. The topological polar surface area (TPSA) is 21.3 Å². The van der Waals surface area contributed by atoms with Gasteiger partial charge in [-0.1, -0.05) is 29.8 Å². The molecule has 0 aliphatic carbocycles. The largest absolute Gasteiger partial charge is 0.379 e. The van der Waals surface area contributed by atoms with Crippen LogP contribution >= 0.6 is 0 Å². The van der Waals surface area contributed by atoms with Gasteiger partial charge in [0.05, 0.1) is 18.6 Å². The van der Waals surface area contributed by atoms with Crippen LogP contribution < -0.4 is 5.32 Å². The van der Waals surface area contributed by atoms with Gasteiger partial charge in [-0.05, 0) is 31.9 Å². The first-order valence-electron chi connectivity index (χ1n) is 6.19. The predicted molar refractivity (Wildman–Crippen MR) is 64.7 cm³/mol. The number of ether oxygens (including phenoxy) is 1. The van der Waals surface area contributed by atoms with Crippen LogP contribution in [0.1, 0.15) is 24.0 Å². The molecule has 0 amide bonds. The van der Waals surface area contributed by atoms with Crippen molar-refractivity contribution in [2.75, 3.05) is 19.8 Å². The second-order valence-corrected chi connectivity index (χ2v) is 5.16. The SMILES string of the molecule is Cc1ccc(C2(C3CCCN3)COC2)cc1. The molecule has 0 bridgehead atoms. The molecule has 2 heterocycles. The fraction of sp³-hybridized carbons (Fsp3) is 0.571. The maximum Gasteiger partial charge on any atom is 0.0600 e. The highest BCUT2D eigenvalue weighted by atomic mass is 16.5. The minimum absolute atomic E-state index is 0.254. The molecule has 1 N–H and O–H groups in total. The van der Waals surface area contributed by atoms with E-state index in [1.807, 2.05) is 0 Å². The Kier molecular flexibility index (Phi) is 2.49. The van der Waals surface area contributed by atoms with Crippen LogP contribution in [0.5, 0.6) is 0 Å². The lowest BCUT2D eigenvalue weighted by Crippen LogP contribution is -2.58. The molecule has 16 heavy (non-hydrogen) atoms. The van der Waals surface area contributed by atoms with Crippen LogP contribution in [-0.2, 0) is 10.2 Å². The summed E-state index contributed by atoms with van der Waals surface area (Å²) < 4.78 is 5.50. The van der Waals surface area contributed by atoms with E-state index in [9.17, 15) is 0 Å². The third-order valence-electron chi connectivity index (χ3n) is 4.07. The molecule has 0 spiro atoms. The molecule has 3 rings (SSSR count). The normalized spacial score (nSPS) is 27.7.